The lowest BCUT2D eigenvalue weighted by Gasteiger charge is -2.08. The van der Waals surface area contributed by atoms with Gasteiger partial charge in [-0.25, -0.2) is 18.1 Å². The normalized spacial score (nSPS) is 11.7. The van der Waals surface area contributed by atoms with E-state index in [9.17, 15) is 8.42 Å². The second kappa shape index (κ2) is 8.51. The first-order valence-corrected chi connectivity index (χ1v) is 9.51. The summed E-state index contributed by atoms with van der Waals surface area (Å²) < 4.78 is 31.4. The van der Waals surface area contributed by atoms with Crippen LogP contribution in [0.15, 0.2) is 35.4 Å². The highest BCUT2D eigenvalue weighted by Crippen LogP contribution is 2.12. The van der Waals surface area contributed by atoms with Gasteiger partial charge in [-0.1, -0.05) is 12.1 Å². The predicted molar refractivity (Wildman–Crippen MR) is 90.9 cm³/mol. The standard InChI is InChI=1S/C15H21N3O3S2/c1-12-17-11-14(22-12)10-16-9-13-3-5-15(6-4-13)23(19,20)18-7-8-21-2/h3-6,11,16,18H,7-10H2,1-2H3. The van der Waals surface area contributed by atoms with Crippen molar-refractivity contribution in [3.8, 4) is 0 Å². The van der Waals surface area contributed by atoms with Gasteiger partial charge in [0.2, 0.25) is 10.0 Å². The van der Waals surface area contributed by atoms with Crippen LogP contribution in [0.25, 0.3) is 0 Å². The Bertz CT molecular complexity index is 712. The van der Waals surface area contributed by atoms with Gasteiger partial charge in [0.1, 0.15) is 0 Å². The number of hydrogen-bond acceptors (Lipinski definition) is 6. The summed E-state index contributed by atoms with van der Waals surface area (Å²) in [6.07, 6.45) is 1.87. The Labute approximate surface area is 141 Å². The maximum atomic E-state index is 12.0. The number of sulfonamides is 1. The highest BCUT2D eigenvalue weighted by atomic mass is 32.2. The van der Waals surface area contributed by atoms with Gasteiger partial charge in [0.05, 0.1) is 16.5 Å². The van der Waals surface area contributed by atoms with E-state index in [1.165, 1.54) is 12.0 Å². The van der Waals surface area contributed by atoms with Crippen molar-refractivity contribution in [1.29, 1.82) is 0 Å². The molecule has 0 aliphatic heterocycles. The SMILES string of the molecule is COCCNS(=O)(=O)c1ccc(CNCc2cnc(C)s2)cc1. The number of nitrogens with zero attached hydrogens (tertiary/aromatic N) is 1. The van der Waals surface area contributed by atoms with Gasteiger partial charge in [0.25, 0.3) is 0 Å². The van der Waals surface area contributed by atoms with Crippen molar-refractivity contribution < 1.29 is 13.2 Å². The Morgan fingerprint density at radius 3 is 2.57 bits per heavy atom. The summed E-state index contributed by atoms with van der Waals surface area (Å²) in [7, 11) is -1.94. The van der Waals surface area contributed by atoms with Gasteiger partial charge in [-0.05, 0) is 24.6 Å². The molecule has 1 heterocycles. The smallest absolute Gasteiger partial charge is 0.240 e. The molecule has 0 amide bonds. The van der Waals surface area contributed by atoms with Crippen molar-refractivity contribution in [2.24, 2.45) is 0 Å². The first kappa shape index (κ1) is 18.0. The zero-order valence-electron chi connectivity index (χ0n) is 13.2. The molecule has 0 saturated carbocycles. The highest BCUT2D eigenvalue weighted by Gasteiger charge is 2.12. The molecular weight excluding hydrogens is 334 g/mol. The number of hydrogen-bond donors (Lipinski definition) is 2. The van der Waals surface area contributed by atoms with Crippen LogP contribution < -0.4 is 10.0 Å². The number of thiazole rings is 1. The molecule has 0 radical (unpaired) electrons. The van der Waals surface area contributed by atoms with Crippen molar-refractivity contribution in [3.63, 3.8) is 0 Å². The number of aromatic nitrogens is 1. The molecule has 0 bridgehead atoms. The van der Waals surface area contributed by atoms with Crippen molar-refractivity contribution in [1.82, 2.24) is 15.0 Å². The maximum absolute atomic E-state index is 12.0. The van der Waals surface area contributed by atoms with E-state index in [1.807, 2.05) is 25.3 Å². The molecule has 0 fully saturated rings. The van der Waals surface area contributed by atoms with Crippen molar-refractivity contribution >= 4 is 21.4 Å². The van der Waals surface area contributed by atoms with Gasteiger partial charge in [-0.15, -0.1) is 11.3 Å². The number of aryl methyl sites for hydroxylation is 1. The van der Waals surface area contributed by atoms with Crippen LogP contribution in [0.1, 0.15) is 15.4 Å². The van der Waals surface area contributed by atoms with E-state index in [4.69, 9.17) is 4.74 Å². The molecule has 0 spiro atoms. The van der Waals surface area contributed by atoms with Crippen LogP contribution in [-0.2, 0) is 27.8 Å². The topological polar surface area (TPSA) is 80.3 Å². The number of rotatable bonds is 9. The molecule has 2 rings (SSSR count). The zero-order valence-corrected chi connectivity index (χ0v) is 14.8. The van der Waals surface area contributed by atoms with Gasteiger partial charge in [0, 0.05) is 37.8 Å². The molecule has 1 aromatic heterocycles. The zero-order chi connectivity index (χ0) is 16.7. The molecule has 2 N–H and O–H groups in total. The fourth-order valence-electron chi connectivity index (χ4n) is 1.96. The number of methoxy groups -OCH3 is 1. The number of benzene rings is 1. The summed E-state index contributed by atoms with van der Waals surface area (Å²) in [4.78, 5) is 5.65. The fourth-order valence-corrected chi connectivity index (χ4v) is 3.74. The van der Waals surface area contributed by atoms with E-state index < -0.39 is 10.0 Å². The highest BCUT2D eigenvalue weighted by molar-refractivity contribution is 7.89. The molecule has 0 atom stereocenters. The largest absolute Gasteiger partial charge is 0.383 e. The molecule has 0 aliphatic carbocycles. The third-order valence-corrected chi connectivity index (χ3v) is 5.52. The number of ether oxygens (including phenoxy) is 1. The minimum Gasteiger partial charge on any atom is -0.383 e. The lowest BCUT2D eigenvalue weighted by atomic mass is 10.2. The van der Waals surface area contributed by atoms with E-state index in [0.717, 1.165) is 17.1 Å². The molecule has 2 aromatic rings. The molecular formula is C15H21N3O3S2. The third-order valence-electron chi connectivity index (χ3n) is 3.13. The van der Waals surface area contributed by atoms with E-state index in [-0.39, 0.29) is 11.4 Å². The second-order valence-electron chi connectivity index (χ2n) is 4.98. The summed E-state index contributed by atoms with van der Waals surface area (Å²) in [6.45, 7) is 4.02. The van der Waals surface area contributed by atoms with Crippen LogP contribution in [-0.4, -0.2) is 33.7 Å². The monoisotopic (exact) mass is 355 g/mol. The van der Waals surface area contributed by atoms with Crippen LogP contribution in [0.3, 0.4) is 0 Å². The predicted octanol–water partition coefficient (Wildman–Crippen LogP) is 1.67. The van der Waals surface area contributed by atoms with Crippen LogP contribution in [0.2, 0.25) is 0 Å². The average molecular weight is 355 g/mol. The molecule has 1 aromatic carbocycles. The Balaban J connectivity index is 1.86. The minimum atomic E-state index is -3.47. The van der Waals surface area contributed by atoms with Gasteiger partial charge in [0.15, 0.2) is 0 Å². The third kappa shape index (κ3) is 5.67. The number of nitrogens with one attached hydrogen (secondary N) is 2. The average Bonchev–Trinajstić information content (AvgIpc) is 2.93. The Morgan fingerprint density at radius 2 is 1.96 bits per heavy atom. The fraction of sp³-hybridized carbons (Fsp3) is 0.400. The molecule has 6 nitrogen and oxygen atoms in total. The summed E-state index contributed by atoms with van der Waals surface area (Å²) in [5.41, 5.74) is 1.03. The molecule has 0 unspecified atom stereocenters. The summed E-state index contributed by atoms with van der Waals surface area (Å²) in [5, 5.41) is 4.37. The lowest BCUT2D eigenvalue weighted by molar-refractivity contribution is 0.204. The van der Waals surface area contributed by atoms with Gasteiger partial charge >= 0.3 is 0 Å². The van der Waals surface area contributed by atoms with Crippen LogP contribution in [0.5, 0.6) is 0 Å². The maximum Gasteiger partial charge on any atom is 0.240 e. The van der Waals surface area contributed by atoms with E-state index in [1.54, 1.807) is 23.5 Å². The quantitative estimate of drug-likeness (QED) is 0.669. The lowest BCUT2D eigenvalue weighted by Crippen LogP contribution is -2.27. The van der Waals surface area contributed by atoms with E-state index >= 15 is 0 Å². The molecule has 8 heteroatoms. The van der Waals surface area contributed by atoms with Crippen LogP contribution >= 0.6 is 11.3 Å². The summed E-state index contributed by atoms with van der Waals surface area (Å²) in [5.74, 6) is 0. The molecule has 0 saturated heterocycles. The van der Waals surface area contributed by atoms with E-state index in [0.29, 0.717) is 13.2 Å². The molecule has 23 heavy (non-hydrogen) atoms. The molecule has 126 valence electrons. The Morgan fingerprint density at radius 1 is 1.22 bits per heavy atom. The second-order valence-corrected chi connectivity index (χ2v) is 8.07. The van der Waals surface area contributed by atoms with E-state index in [2.05, 4.69) is 15.0 Å². The van der Waals surface area contributed by atoms with Crippen molar-refractivity contribution in [2.45, 2.75) is 24.9 Å². The first-order chi connectivity index (χ1) is 11.0. The van der Waals surface area contributed by atoms with Gasteiger partial charge in [-0.3, -0.25) is 0 Å². The summed E-state index contributed by atoms with van der Waals surface area (Å²) >= 11 is 1.67. The van der Waals surface area contributed by atoms with Crippen LogP contribution in [0.4, 0.5) is 0 Å². The Kier molecular flexibility index (Phi) is 6.67. The minimum absolute atomic E-state index is 0.260. The van der Waals surface area contributed by atoms with Crippen molar-refractivity contribution in [2.75, 3.05) is 20.3 Å². The molecule has 0 aliphatic rings. The first-order valence-electron chi connectivity index (χ1n) is 7.21. The van der Waals surface area contributed by atoms with Crippen molar-refractivity contribution in [3.05, 3.63) is 45.9 Å². The van der Waals surface area contributed by atoms with Crippen LogP contribution in [0, 0.1) is 6.92 Å². The van der Waals surface area contributed by atoms with Gasteiger partial charge < -0.3 is 10.1 Å². The van der Waals surface area contributed by atoms with Gasteiger partial charge in [-0.2, -0.15) is 0 Å². The Hall–Kier alpha value is -1.32. The summed E-state index contributed by atoms with van der Waals surface area (Å²) in [6, 6.07) is 6.86.